The van der Waals surface area contributed by atoms with Crippen LogP contribution >= 0.6 is 0 Å². The van der Waals surface area contributed by atoms with Crippen LogP contribution in [-0.2, 0) is 10.2 Å². The first-order valence-electron chi connectivity index (χ1n) is 12.7. The molecular formula is C33H34O4. The molecule has 2 unspecified atom stereocenters. The van der Waals surface area contributed by atoms with E-state index in [0.717, 1.165) is 22.3 Å². The third-order valence-electron chi connectivity index (χ3n) is 7.40. The van der Waals surface area contributed by atoms with Gasteiger partial charge in [0.25, 0.3) is 0 Å². The van der Waals surface area contributed by atoms with E-state index in [1.54, 1.807) is 6.07 Å². The molecule has 0 heterocycles. The summed E-state index contributed by atoms with van der Waals surface area (Å²) < 4.78 is 11.2. The molecule has 0 aromatic heterocycles. The van der Waals surface area contributed by atoms with Gasteiger partial charge in [-0.25, -0.2) is 9.59 Å². The van der Waals surface area contributed by atoms with E-state index in [9.17, 15) is 9.59 Å². The average Bonchev–Trinajstić information content (AvgIpc) is 2.88. The maximum absolute atomic E-state index is 12.6. The Bertz CT molecular complexity index is 1360. The third kappa shape index (κ3) is 5.91. The van der Waals surface area contributed by atoms with Crippen molar-refractivity contribution in [2.75, 3.05) is 0 Å². The molecule has 0 N–H and O–H groups in total. The first kappa shape index (κ1) is 26.2. The molecule has 3 aromatic carbocycles. The maximum Gasteiger partial charge on any atom is 0.343 e. The lowest BCUT2D eigenvalue weighted by Gasteiger charge is -2.26. The highest BCUT2D eigenvalue weighted by Crippen LogP contribution is 2.34. The van der Waals surface area contributed by atoms with E-state index in [1.165, 1.54) is 0 Å². The second kappa shape index (κ2) is 10.6. The minimum Gasteiger partial charge on any atom is -0.423 e. The molecule has 2 atom stereocenters. The monoisotopic (exact) mass is 494 g/mol. The number of aryl methyl sites for hydroxylation is 2. The molecule has 3 aromatic rings. The van der Waals surface area contributed by atoms with Crippen LogP contribution in [0.3, 0.4) is 0 Å². The van der Waals surface area contributed by atoms with E-state index in [0.29, 0.717) is 34.5 Å². The van der Waals surface area contributed by atoms with Gasteiger partial charge in [-0.3, -0.25) is 0 Å². The second-order valence-electron chi connectivity index (χ2n) is 10.5. The number of benzene rings is 3. The molecule has 1 aliphatic carbocycles. The summed E-state index contributed by atoms with van der Waals surface area (Å²) in [6, 6.07) is 20.8. The van der Waals surface area contributed by atoms with Crippen molar-refractivity contribution in [1.82, 2.24) is 0 Å². The summed E-state index contributed by atoms with van der Waals surface area (Å²) in [4.78, 5) is 25.1. The number of allylic oxidation sites excluding steroid dienone is 2. The van der Waals surface area contributed by atoms with Crippen molar-refractivity contribution in [1.29, 1.82) is 0 Å². The standard InChI is InChI=1S/C33H34O4/c1-21-7-9-25(19-23(21)3)31(34)36-29-15-11-27(12-16-29)33(5,6)28-13-17-30(18-14-28)37-32(35)26-10-8-22(2)24(4)20-26/h7-21,23H,1-6H3. The number of carbonyl (C=O) groups excluding carboxylic acids is 2. The molecule has 0 fully saturated rings. The van der Waals surface area contributed by atoms with E-state index >= 15 is 0 Å². The number of esters is 2. The van der Waals surface area contributed by atoms with Crippen molar-refractivity contribution in [3.63, 3.8) is 0 Å². The van der Waals surface area contributed by atoms with Crippen LogP contribution in [0, 0.1) is 25.7 Å². The van der Waals surface area contributed by atoms with E-state index < -0.39 is 0 Å². The van der Waals surface area contributed by atoms with Crippen molar-refractivity contribution in [2.24, 2.45) is 11.8 Å². The van der Waals surface area contributed by atoms with E-state index in [4.69, 9.17) is 9.47 Å². The summed E-state index contributed by atoms with van der Waals surface area (Å²) in [5.41, 5.74) is 5.16. The molecule has 190 valence electrons. The Morgan fingerprint density at radius 1 is 0.703 bits per heavy atom. The molecule has 0 saturated carbocycles. The van der Waals surface area contributed by atoms with Gasteiger partial charge in [-0.2, -0.15) is 0 Å². The van der Waals surface area contributed by atoms with Gasteiger partial charge in [-0.15, -0.1) is 0 Å². The molecule has 4 rings (SSSR count). The molecular weight excluding hydrogens is 460 g/mol. The molecule has 0 aliphatic heterocycles. The van der Waals surface area contributed by atoms with Crippen LogP contribution in [-0.4, -0.2) is 11.9 Å². The molecule has 0 saturated heterocycles. The van der Waals surface area contributed by atoms with Crippen LogP contribution in [0.15, 0.2) is 90.5 Å². The van der Waals surface area contributed by atoms with Gasteiger partial charge < -0.3 is 9.47 Å². The van der Waals surface area contributed by atoms with Gasteiger partial charge >= 0.3 is 11.9 Å². The van der Waals surface area contributed by atoms with E-state index in [1.807, 2.05) is 92.7 Å². The number of carbonyl (C=O) groups is 2. The van der Waals surface area contributed by atoms with Gasteiger partial charge in [0.2, 0.25) is 0 Å². The van der Waals surface area contributed by atoms with E-state index in [2.05, 4.69) is 27.7 Å². The molecule has 0 spiro atoms. The second-order valence-corrected chi connectivity index (χ2v) is 10.5. The van der Waals surface area contributed by atoms with Crippen molar-refractivity contribution in [3.8, 4) is 11.5 Å². The molecule has 37 heavy (non-hydrogen) atoms. The summed E-state index contributed by atoms with van der Waals surface area (Å²) in [5, 5.41) is 0. The Labute approximate surface area is 219 Å². The van der Waals surface area contributed by atoms with Crippen LogP contribution < -0.4 is 9.47 Å². The third-order valence-corrected chi connectivity index (χ3v) is 7.40. The summed E-state index contributed by atoms with van der Waals surface area (Å²) in [7, 11) is 0. The number of ether oxygens (including phenoxy) is 2. The lowest BCUT2D eigenvalue weighted by Crippen LogP contribution is -2.19. The maximum atomic E-state index is 12.6. The first-order valence-corrected chi connectivity index (χ1v) is 12.7. The highest BCUT2D eigenvalue weighted by atomic mass is 16.5. The van der Waals surface area contributed by atoms with Gasteiger partial charge in [0, 0.05) is 5.41 Å². The van der Waals surface area contributed by atoms with Crippen molar-refractivity contribution < 1.29 is 19.1 Å². The van der Waals surface area contributed by atoms with Crippen LogP contribution in [0.4, 0.5) is 0 Å². The summed E-state index contributed by atoms with van der Waals surface area (Å²) >= 11 is 0. The average molecular weight is 495 g/mol. The molecule has 4 heteroatoms. The Morgan fingerprint density at radius 2 is 1.24 bits per heavy atom. The van der Waals surface area contributed by atoms with Crippen molar-refractivity contribution in [3.05, 3.63) is 118 Å². The molecule has 0 bridgehead atoms. The lowest BCUT2D eigenvalue weighted by atomic mass is 9.78. The predicted octanol–water partition coefficient (Wildman–Crippen LogP) is 7.52. The highest BCUT2D eigenvalue weighted by molar-refractivity contribution is 5.93. The minimum absolute atomic E-state index is 0.303. The van der Waals surface area contributed by atoms with Gasteiger partial charge in [0.15, 0.2) is 0 Å². The lowest BCUT2D eigenvalue weighted by molar-refractivity contribution is -0.129. The smallest absolute Gasteiger partial charge is 0.343 e. The topological polar surface area (TPSA) is 52.6 Å². The largest absolute Gasteiger partial charge is 0.423 e. The molecule has 0 radical (unpaired) electrons. The Balaban J connectivity index is 1.42. The van der Waals surface area contributed by atoms with Crippen molar-refractivity contribution in [2.45, 2.75) is 47.0 Å². The zero-order chi connectivity index (χ0) is 26.7. The van der Waals surface area contributed by atoms with E-state index in [-0.39, 0.29) is 17.4 Å². The van der Waals surface area contributed by atoms with Crippen LogP contribution in [0.2, 0.25) is 0 Å². The Kier molecular flexibility index (Phi) is 7.49. The molecule has 0 amide bonds. The summed E-state index contributed by atoms with van der Waals surface area (Å²) in [6.45, 7) is 12.5. The normalized spacial score (nSPS) is 17.2. The predicted molar refractivity (Wildman–Crippen MR) is 147 cm³/mol. The summed E-state index contributed by atoms with van der Waals surface area (Å²) in [6.07, 6.45) is 5.85. The van der Waals surface area contributed by atoms with Gasteiger partial charge in [0.05, 0.1) is 11.1 Å². The van der Waals surface area contributed by atoms with Gasteiger partial charge in [-0.05, 0) is 84.3 Å². The molecule has 4 nitrogen and oxygen atoms in total. The van der Waals surface area contributed by atoms with Gasteiger partial charge in [0.1, 0.15) is 11.5 Å². The van der Waals surface area contributed by atoms with Crippen molar-refractivity contribution >= 4 is 11.9 Å². The number of rotatable bonds is 6. The first-order chi connectivity index (χ1) is 17.5. The van der Waals surface area contributed by atoms with Crippen LogP contribution in [0.25, 0.3) is 0 Å². The fraction of sp³-hybridized carbons (Fsp3) is 0.273. The summed E-state index contributed by atoms with van der Waals surface area (Å²) in [5.74, 6) is 1.02. The molecule has 1 aliphatic rings. The van der Waals surface area contributed by atoms with Gasteiger partial charge in [-0.1, -0.05) is 76.3 Å². The zero-order valence-electron chi connectivity index (χ0n) is 22.4. The minimum atomic E-state index is -0.372. The number of hydrogen-bond donors (Lipinski definition) is 0. The highest BCUT2D eigenvalue weighted by Gasteiger charge is 2.24. The fourth-order valence-electron chi connectivity index (χ4n) is 4.30. The van der Waals surface area contributed by atoms with Crippen LogP contribution in [0.5, 0.6) is 11.5 Å². The Morgan fingerprint density at radius 3 is 1.76 bits per heavy atom. The zero-order valence-corrected chi connectivity index (χ0v) is 22.4. The SMILES string of the molecule is Cc1ccc(C(=O)Oc2ccc(C(C)(C)c3ccc(OC(=O)C4=CC(C)C(C)C=C4)cc3)cc2)cc1C. The Hall–Kier alpha value is -3.92. The quantitative estimate of drug-likeness (QED) is 0.263. The van der Waals surface area contributed by atoms with Crippen LogP contribution in [0.1, 0.15) is 60.3 Å². The fourth-order valence-corrected chi connectivity index (χ4v) is 4.30. The number of hydrogen-bond acceptors (Lipinski definition) is 4.